The first kappa shape index (κ1) is 21.4. The van der Waals surface area contributed by atoms with Crippen molar-refractivity contribution in [1.29, 1.82) is 5.26 Å². The van der Waals surface area contributed by atoms with Crippen LogP contribution in [0.5, 0.6) is 0 Å². The molecule has 6 nitrogen and oxygen atoms in total. The van der Waals surface area contributed by atoms with Gasteiger partial charge in [-0.2, -0.15) is 18.4 Å². The number of halogens is 4. The summed E-state index contributed by atoms with van der Waals surface area (Å²) in [7, 11) is 0. The number of amides is 1. The van der Waals surface area contributed by atoms with Crippen molar-refractivity contribution in [3.05, 3.63) is 75.3 Å². The summed E-state index contributed by atoms with van der Waals surface area (Å²) in [6.07, 6.45) is -3.17. The van der Waals surface area contributed by atoms with Gasteiger partial charge in [-0.3, -0.25) is 9.59 Å². The molecule has 1 saturated heterocycles. The molecule has 0 radical (unpaired) electrons. The van der Waals surface area contributed by atoms with Crippen molar-refractivity contribution >= 4 is 22.5 Å². The fourth-order valence-electron chi connectivity index (χ4n) is 3.69. The van der Waals surface area contributed by atoms with E-state index in [-0.39, 0.29) is 35.6 Å². The zero-order valence-corrected chi connectivity index (χ0v) is 16.5. The highest BCUT2D eigenvalue weighted by Gasteiger charge is 2.30. The molecule has 1 amide bonds. The number of piperazine rings is 1. The Balaban J connectivity index is 1.82. The van der Waals surface area contributed by atoms with Gasteiger partial charge in [0.15, 0.2) is 0 Å². The third kappa shape index (κ3) is 4.01. The molecule has 3 aromatic rings. The number of nitrogens with zero attached hydrogens (tertiary/aromatic N) is 3. The van der Waals surface area contributed by atoms with Crippen LogP contribution in [0.1, 0.15) is 16.7 Å². The number of nitrogens with one attached hydrogen (secondary N) is 1. The van der Waals surface area contributed by atoms with Crippen LogP contribution in [0, 0.1) is 17.1 Å². The highest BCUT2D eigenvalue weighted by Crippen LogP contribution is 2.30. The van der Waals surface area contributed by atoms with E-state index in [0.29, 0.717) is 24.2 Å². The van der Waals surface area contributed by atoms with E-state index in [4.69, 9.17) is 0 Å². The second kappa shape index (κ2) is 8.00. The lowest BCUT2D eigenvalue weighted by molar-refractivity contribution is -0.137. The Morgan fingerprint density at radius 2 is 1.84 bits per heavy atom. The molecule has 0 atom stereocenters. The highest BCUT2D eigenvalue weighted by molar-refractivity contribution is 5.87. The minimum absolute atomic E-state index is 0.0290. The topological polar surface area (TPSA) is 78.1 Å². The smallest absolute Gasteiger partial charge is 0.358 e. The van der Waals surface area contributed by atoms with E-state index >= 15 is 0 Å². The van der Waals surface area contributed by atoms with Crippen LogP contribution in [-0.4, -0.2) is 30.1 Å². The second-order valence-electron chi connectivity index (χ2n) is 7.40. The van der Waals surface area contributed by atoms with E-state index in [1.54, 1.807) is 11.0 Å². The van der Waals surface area contributed by atoms with E-state index < -0.39 is 23.0 Å². The summed E-state index contributed by atoms with van der Waals surface area (Å²) >= 11 is 0. The van der Waals surface area contributed by atoms with Crippen LogP contribution < -0.4 is 15.6 Å². The van der Waals surface area contributed by atoms with Gasteiger partial charge >= 0.3 is 6.18 Å². The first-order chi connectivity index (χ1) is 15.2. The number of benzene rings is 2. The summed E-state index contributed by atoms with van der Waals surface area (Å²) in [5, 5.41) is 11.9. The van der Waals surface area contributed by atoms with Crippen molar-refractivity contribution < 1.29 is 22.4 Å². The summed E-state index contributed by atoms with van der Waals surface area (Å²) in [5.74, 6) is -0.974. The van der Waals surface area contributed by atoms with Gasteiger partial charge in [-0.05, 0) is 29.8 Å². The number of aromatic nitrogens is 1. The van der Waals surface area contributed by atoms with Gasteiger partial charge in [-0.25, -0.2) is 4.39 Å². The lowest BCUT2D eigenvalue weighted by Gasteiger charge is -2.29. The lowest BCUT2D eigenvalue weighted by atomic mass is 10.1. The molecule has 2 heterocycles. The predicted octanol–water partition coefficient (Wildman–Crippen LogP) is 3.02. The third-order valence-corrected chi connectivity index (χ3v) is 5.28. The number of fused-ring (bicyclic) bond motifs is 1. The molecule has 0 unspecified atom stereocenters. The number of rotatable bonds is 3. The van der Waals surface area contributed by atoms with Gasteiger partial charge in [0, 0.05) is 25.8 Å². The standard InChI is InChI=1S/C22H16F4N4O2/c23-17-7-16-18(8-19(17)29-6-5-28-20(31)12-29)30(11-14(9-27)21(16)32)10-13-1-3-15(4-2-13)22(24,25)26/h1-4,7-8,11H,5-6,10,12H2,(H,28,31). The number of carbonyl (C=O) groups is 1. The fraction of sp³-hybridized carbons (Fsp3) is 0.227. The zero-order chi connectivity index (χ0) is 23.0. The number of nitriles is 1. The number of hydrogen-bond donors (Lipinski definition) is 1. The van der Waals surface area contributed by atoms with Gasteiger partial charge in [0.2, 0.25) is 11.3 Å². The zero-order valence-electron chi connectivity index (χ0n) is 16.5. The number of carbonyl (C=O) groups excluding carboxylic acids is 1. The van der Waals surface area contributed by atoms with Crippen molar-refractivity contribution in [2.24, 2.45) is 0 Å². The molecule has 4 rings (SSSR count). The summed E-state index contributed by atoms with van der Waals surface area (Å²) in [5.41, 5.74) is -0.734. The average molecular weight is 444 g/mol. The molecule has 0 spiro atoms. The Kier molecular flexibility index (Phi) is 5.34. The quantitative estimate of drug-likeness (QED) is 0.630. The molecule has 164 valence electrons. The Hall–Kier alpha value is -3.87. The molecule has 10 heteroatoms. The third-order valence-electron chi connectivity index (χ3n) is 5.28. The van der Waals surface area contributed by atoms with Crippen molar-refractivity contribution in [3.63, 3.8) is 0 Å². The molecule has 0 saturated carbocycles. The van der Waals surface area contributed by atoms with Crippen LogP contribution >= 0.6 is 0 Å². The van der Waals surface area contributed by atoms with Gasteiger partial charge in [0.1, 0.15) is 17.4 Å². The number of alkyl halides is 3. The van der Waals surface area contributed by atoms with Crippen LogP contribution in [0.15, 0.2) is 47.4 Å². The summed E-state index contributed by atoms with van der Waals surface area (Å²) in [6.45, 7) is 0.701. The Bertz CT molecular complexity index is 1310. The number of hydrogen-bond acceptors (Lipinski definition) is 4. The minimum Gasteiger partial charge on any atom is -0.358 e. The molecule has 2 aromatic carbocycles. The Morgan fingerprint density at radius 3 is 2.47 bits per heavy atom. The molecule has 1 aliphatic rings. The Morgan fingerprint density at radius 1 is 1.12 bits per heavy atom. The summed E-state index contributed by atoms with van der Waals surface area (Å²) in [6, 6.07) is 8.74. The largest absolute Gasteiger partial charge is 0.416 e. The lowest BCUT2D eigenvalue weighted by Crippen LogP contribution is -2.48. The molecular formula is C22H16F4N4O2. The maximum absolute atomic E-state index is 14.9. The SMILES string of the molecule is N#Cc1cn(Cc2ccc(C(F)(F)F)cc2)c2cc(N3CCNC(=O)C3)c(F)cc2c1=O. The Labute approximate surface area is 179 Å². The van der Waals surface area contributed by atoms with Crippen molar-refractivity contribution in [3.8, 4) is 6.07 Å². The van der Waals surface area contributed by atoms with E-state index in [9.17, 15) is 32.4 Å². The highest BCUT2D eigenvalue weighted by atomic mass is 19.4. The normalized spacial score (nSPS) is 14.3. The molecular weight excluding hydrogens is 428 g/mol. The molecule has 1 fully saturated rings. The average Bonchev–Trinajstić information content (AvgIpc) is 2.75. The monoisotopic (exact) mass is 444 g/mol. The summed E-state index contributed by atoms with van der Waals surface area (Å²) < 4.78 is 54.9. The molecule has 1 N–H and O–H groups in total. The molecule has 1 aliphatic heterocycles. The fourth-order valence-corrected chi connectivity index (χ4v) is 3.69. The van der Waals surface area contributed by atoms with E-state index in [1.165, 1.54) is 29.0 Å². The van der Waals surface area contributed by atoms with Crippen LogP contribution in [-0.2, 0) is 17.5 Å². The first-order valence-electron chi connectivity index (χ1n) is 9.62. The number of anilines is 1. The predicted molar refractivity (Wildman–Crippen MR) is 109 cm³/mol. The number of pyridine rings is 1. The summed E-state index contributed by atoms with van der Waals surface area (Å²) in [4.78, 5) is 25.9. The molecule has 1 aromatic heterocycles. The molecule has 0 aliphatic carbocycles. The van der Waals surface area contributed by atoms with Gasteiger partial charge in [-0.15, -0.1) is 0 Å². The maximum atomic E-state index is 14.9. The van der Waals surface area contributed by atoms with Crippen LogP contribution in [0.25, 0.3) is 10.9 Å². The minimum atomic E-state index is -4.47. The molecule has 32 heavy (non-hydrogen) atoms. The van der Waals surface area contributed by atoms with Crippen molar-refractivity contribution in [2.45, 2.75) is 12.7 Å². The van der Waals surface area contributed by atoms with Crippen LogP contribution in [0.4, 0.5) is 23.2 Å². The maximum Gasteiger partial charge on any atom is 0.416 e. The van der Waals surface area contributed by atoms with Gasteiger partial charge < -0.3 is 14.8 Å². The van der Waals surface area contributed by atoms with E-state index in [2.05, 4.69) is 5.32 Å². The molecule has 0 bridgehead atoms. The van der Waals surface area contributed by atoms with Gasteiger partial charge in [0.25, 0.3) is 0 Å². The van der Waals surface area contributed by atoms with Crippen LogP contribution in [0.3, 0.4) is 0 Å². The van der Waals surface area contributed by atoms with Crippen LogP contribution in [0.2, 0.25) is 0 Å². The second-order valence-corrected chi connectivity index (χ2v) is 7.40. The first-order valence-corrected chi connectivity index (χ1v) is 9.62. The van der Waals surface area contributed by atoms with Crippen molar-refractivity contribution in [2.75, 3.05) is 24.5 Å². The van der Waals surface area contributed by atoms with E-state index in [1.807, 2.05) is 0 Å². The van der Waals surface area contributed by atoms with Gasteiger partial charge in [0.05, 0.1) is 28.7 Å². The van der Waals surface area contributed by atoms with E-state index in [0.717, 1.165) is 18.2 Å². The van der Waals surface area contributed by atoms with Gasteiger partial charge in [-0.1, -0.05) is 12.1 Å². The van der Waals surface area contributed by atoms with Crippen molar-refractivity contribution in [1.82, 2.24) is 9.88 Å².